The van der Waals surface area contributed by atoms with Gasteiger partial charge in [0.25, 0.3) is 0 Å². The molecule has 1 heterocycles. The van der Waals surface area contributed by atoms with Crippen LogP contribution in [0.5, 0.6) is 0 Å². The van der Waals surface area contributed by atoms with E-state index in [2.05, 4.69) is 33.9 Å². The van der Waals surface area contributed by atoms with Crippen LogP contribution in [0, 0.1) is 10.1 Å². The molecule has 0 N–H and O–H groups in total. The summed E-state index contributed by atoms with van der Waals surface area (Å²) in [5.74, 6) is 0. The van der Waals surface area contributed by atoms with E-state index in [-0.39, 0.29) is 23.9 Å². The second-order valence-corrected chi connectivity index (χ2v) is 14.8. The van der Waals surface area contributed by atoms with Crippen molar-refractivity contribution in [2.24, 2.45) is 0 Å². The van der Waals surface area contributed by atoms with E-state index in [1.54, 1.807) is 0 Å². The van der Waals surface area contributed by atoms with Crippen molar-refractivity contribution < 1.29 is 23.6 Å². The van der Waals surface area contributed by atoms with Crippen molar-refractivity contribution in [3.63, 3.8) is 0 Å². The molecular weight excluding hydrogens is 450 g/mol. The van der Waals surface area contributed by atoms with Gasteiger partial charge in [0.2, 0.25) is 0 Å². The van der Waals surface area contributed by atoms with Crippen LogP contribution in [0.15, 0.2) is 72.6 Å². The Balaban J connectivity index is 1.84. The van der Waals surface area contributed by atoms with Crippen molar-refractivity contribution in [1.29, 1.82) is 0 Å². The quantitative estimate of drug-likeness (QED) is 0.244. The van der Waals surface area contributed by atoms with E-state index in [9.17, 15) is 10.1 Å². The molecule has 34 heavy (non-hydrogen) atoms. The van der Waals surface area contributed by atoms with Crippen LogP contribution in [0.3, 0.4) is 0 Å². The first-order valence-corrected chi connectivity index (χ1v) is 14.4. The second-order valence-electron chi connectivity index (χ2n) is 10.0. The summed E-state index contributed by atoms with van der Waals surface area (Å²) in [7, 11) is -2.32. The fourth-order valence-electron chi connectivity index (χ4n) is 3.41. The summed E-state index contributed by atoms with van der Waals surface area (Å²) in [5.41, 5.74) is 1.83. The number of ether oxygens (including phenoxy) is 3. The molecule has 1 aliphatic rings. The molecule has 0 saturated heterocycles. The molecule has 3 atom stereocenters. The predicted molar refractivity (Wildman–Crippen MR) is 133 cm³/mol. The highest BCUT2D eigenvalue weighted by Gasteiger charge is 2.49. The summed E-state index contributed by atoms with van der Waals surface area (Å²) in [6.07, 6.45) is -0.908. The fraction of sp³-hybridized carbons (Fsp3) is 0.462. The van der Waals surface area contributed by atoms with E-state index in [0.29, 0.717) is 6.61 Å². The molecule has 8 heteroatoms. The lowest BCUT2D eigenvalue weighted by atomic mass is 10.0. The molecular formula is C26H35NO6Si. The van der Waals surface area contributed by atoms with E-state index < -0.39 is 31.6 Å². The zero-order chi connectivity index (χ0) is 24.8. The summed E-state index contributed by atoms with van der Waals surface area (Å²) >= 11 is 0. The molecule has 184 valence electrons. The van der Waals surface area contributed by atoms with Gasteiger partial charge in [-0.2, -0.15) is 0 Å². The van der Waals surface area contributed by atoms with Gasteiger partial charge in [-0.3, -0.25) is 10.1 Å². The van der Waals surface area contributed by atoms with E-state index in [4.69, 9.17) is 18.6 Å². The highest BCUT2D eigenvalue weighted by atomic mass is 28.4. The van der Waals surface area contributed by atoms with Crippen LogP contribution < -0.4 is 0 Å². The van der Waals surface area contributed by atoms with E-state index in [1.165, 1.54) is 6.26 Å². The Morgan fingerprint density at radius 1 is 0.971 bits per heavy atom. The first-order valence-electron chi connectivity index (χ1n) is 11.5. The topological polar surface area (TPSA) is 80.1 Å². The lowest BCUT2D eigenvalue weighted by molar-refractivity contribution is -0.446. The smallest absolute Gasteiger partial charge is 0.311 e. The van der Waals surface area contributed by atoms with Crippen molar-refractivity contribution in [3.05, 3.63) is 93.9 Å². The van der Waals surface area contributed by atoms with Crippen molar-refractivity contribution in [3.8, 4) is 0 Å². The average molecular weight is 486 g/mol. The molecule has 7 nitrogen and oxygen atoms in total. The van der Waals surface area contributed by atoms with E-state index >= 15 is 0 Å². The molecule has 2 aromatic rings. The average Bonchev–Trinajstić information content (AvgIpc) is 2.79. The highest BCUT2D eigenvalue weighted by molar-refractivity contribution is 6.74. The Morgan fingerprint density at radius 3 is 2.06 bits per heavy atom. The van der Waals surface area contributed by atoms with E-state index in [0.717, 1.165) is 11.1 Å². The SMILES string of the molecule is CC(C)(C)[Si](C)(C)O[C@H]1[C@H](OCc2ccccc2)C([N+](=O)[O-])=CO[C@@H]1COCc1ccccc1. The van der Waals surface area contributed by atoms with Gasteiger partial charge in [-0.15, -0.1) is 0 Å². The number of hydrogen-bond donors (Lipinski definition) is 0. The maximum Gasteiger partial charge on any atom is 0.311 e. The zero-order valence-electron chi connectivity index (χ0n) is 20.6. The van der Waals surface area contributed by atoms with Gasteiger partial charge in [0.05, 0.1) is 24.7 Å². The van der Waals surface area contributed by atoms with Crippen LogP contribution in [0.1, 0.15) is 31.9 Å². The minimum atomic E-state index is -2.32. The van der Waals surface area contributed by atoms with Crippen LogP contribution in [-0.4, -0.2) is 38.2 Å². The van der Waals surface area contributed by atoms with Gasteiger partial charge in [-0.1, -0.05) is 81.4 Å². The molecule has 3 rings (SSSR count). The molecule has 0 unspecified atom stereocenters. The molecule has 0 amide bonds. The maximum absolute atomic E-state index is 11.9. The van der Waals surface area contributed by atoms with Gasteiger partial charge in [0.1, 0.15) is 12.2 Å². The third-order valence-electron chi connectivity index (χ3n) is 6.43. The third-order valence-corrected chi connectivity index (χ3v) is 10.9. The van der Waals surface area contributed by atoms with E-state index in [1.807, 2.05) is 60.7 Å². The van der Waals surface area contributed by atoms with Gasteiger partial charge in [0, 0.05) is 0 Å². The molecule has 0 aliphatic carbocycles. The largest absolute Gasteiger partial charge is 0.486 e. The maximum atomic E-state index is 11.9. The molecule has 0 saturated carbocycles. The standard InChI is InChI=1S/C26H35NO6Si/c1-26(2,3)34(4,5)33-25-23(19-30-16-20-12-8-6-9-13-20)31-18-22(27(28)29)24(25)32-17-21-14-10-7-11-15-21/h6-15,18,23-25H,16-17,19H2,1-5H3/t23-,24-,25-/m1/s1. The Hall–Kier alpha value is -2.52. The number of benzene rings is 2. The van der Waals surface area contributed by atoms with Crippen LogP contribution >= 0.6 is 0 Å². The number of hydrogen-bond acceptors (Lipinski definition) is 6. The predicted octanol–water partition coefficient (Wildman–Crippen LogP) is 5.70. The molecule has 1 aliphatic heterocycles. The summed E-state index contributed by atoms with van der Waals surface area (Å²) < 4.78 is 24.6. The molecule has 0 radical (unpaired) electrons. The first kappa shape index (κ1) is 26.1. The van der Waals surface area contributed by atoms with Gasteiger partial charge in [-0.05, 0) is 29.3 Å². The molecule has 2 aromatic carbocycles. The molecule has 0 fully saturated rings. The normalized spacial score (nSPS) is 21.0. The van der Waals surface area contributed by atoms with Crippen LogP contribution in [0.2, 0.25) is 18.1 Å². The summed E-state index contributed by atoms with van der Waals surface area (Å²) in [4.78, 5) is 11.4. The highest BCUT2D eigenvalue weighted by Crippen LogP contribution is 2.40. The van der Waals surface area contributed by atoms with Gasteiger partial charge in [-0.25, -0.2) is 0 Å². The van der Waals surface area contributed by atoms with Crippen molar-refractivity contribution >= 4 is 8.32 Å². The monoisotopic (exact) mass is 485 g/mol. The van der Waals surface area contributed by atoms with Crippen LogP contribution in [-0.2, 0) is 31.9 Å². The van der Waals surface area contributed by atoms with Crippen LogP contribution in [0.25, 0.3) is 0 Å². The molecule has 0 aromatic heterocycles. The Kier molecular flexibility index (Phi) is 8.65. The van der Waals surface area contributed by atoms with Gasteiger partial charge < -0.3 is 18.6 Å². The van der Waals surface area contributed by atoms with Gasteiger partial charge in [0.15, 0.2) is 20.7 Å². The Bertz CT molecular complexity index is 958. The minimum Gasteiger partial charge on any atom is -0.486 e. The summed E-state index contributed by atoms with van der Waals surface area (Å²) in [6, 6.07) is 19.5. The minimum absolute atomic E-state index is 0.0949. The third kappa shape index (κ3) is 6.76. The fourth-order valence-corrected chi connectivity index (χ4v) is 4.72. The molecule has 0 spiro atoms. The van der Waals surface area contributed by atoms with Crippen LogP contribution in [0.4, 0.5) is 0 Å². The van der Waals surface area contributed by atoms with Crippen molar-refractivity contribution in [2.75, 3.05) is 6.61 Å². The number of nitro groups is 1. The zero-order valence-corrected chi connectivity index (χ0v) is 21.6. The van der Waals surface area contributed by atoms with Gasteiger partial charge >= 0.3 is 5.70 Å². The first-order chi connectivity index (χ1) is 16.1. The number of nitrogens with zero attached hydrogens (tertiary/aromatic N) is 1. The summed E-state index contributed by atoms with van der Waals surface area (Å²) in [5, 5.41) is 11.8. The second kappa shape index (κ2) is 11.3. The Labute approximate surface area is 203 Å². The lowest BCUT2D eigenvalue weighted by Gasteiger charge is -2.43. The number of rotatable bonds is 10. The summed E-state index contributed by atoms with van der Waals surface area (Å²) in [6.45, 7) is 11.5. The Morgan fingerprint density at radius 2 is 1.53 bits per heavy atom. The van der Waals surface area contributed by atoms with Crippen molar-refractivity contribution in [2.45, 2.75) is 70.4 Å². The molecule has 0 bridgehead atoms. The lowest BCUT2D eigenvalue weighted by Crippen LogP contribution is -2.55. The van der Waals surface area contributed by atoms with Crippen molar-refractivity contribution in [1.82, 2.24) is 0 Å².